The van der Waals surface area contributed by atoms with Crippen LogP contribution >= 0.6 is 12.4 Å². The second-order valence-electron chi connectivity index (χ2n) is 5.29. The monoisotopic (exact) mass is 301 g/mol. The Bertz CT molecular complexity index is 468. The Morgan fingerprint density at radius 3 is 2.25 bits per heavy atom. The van der Waals surface area contributed by atoms with Gasteiger partial charge < -0.3 is 19.5 Å². The molecule has 0 spiro atoms. The van der Waals surface area contributed by atoms with Gasteiger partial charge in [-0.15, -0.1) is 12.4 Å². The van der Waals surface area contributed by atoms with Crippen molar-refractivity contribution in [3.63, 3.8) is 0 Å². The highest BCUT2D eigenvalue weighted by Gasteiger charge is 2.38. The number of rotatable bonds is 3. The van der Waals surface area contributed by atoms with Crippen LogP contribution in [0.1, 0.15) is 25.5 Å². The largest absolute Gasteiger partial charge is 0.497 e. The highest BCUT2D eigenvalue weighted by molar-refractivity contribution is 5.85. The topological polar surface area (TPSA) is 56.8 Å². The maximum Gasteiger partial charge on any atom is 0.407 e. The van der Waals surface area contributed by atoms with Crippen LogP contribution in [-0.2, 0) is 4.74 Å². The third kappa shape index (κ3) is 3.28. The van der Waals surface area contributed by atoms with E-state index in [1.54, 1.807) is 20.3 Å². The second kappa shape index (κ2) is 6.22. The van der Waals surface area contributed by atoms with Gasteiger partial charge in [0.2, 0.25) is 0 Å². The number of amides is 1. The maximum atomic E-state index is 11.4. The van der Waals surface area contributed by atoms with Crippen LogP contribution in [0, 0.1) is 5.41 Å². The van der Waals surface area contributed by atoms with Crippen molar-refractivity contribution in [2.24, 2.45) is 5.41 Å². The van der Waals surface area contributed by atoms with E-state index >= 15 is 0 Å². The number of halogens is 1. The molecule has 1 atom stereocenters. The molecule has 1 N–H and O–H groups in total. The first kappa shape index (κ1) is 16.4. The quantitative estimate of drug-likeness (QED) is 0.932. The zero-order chi connectivity index (χ0) is 14.0. The molecule has 0 saturated carbocycles. The molecule has 112 valence electrons. The SMILES string of the molecule is COc1cc(OC)cc([C@H]2NC(=O)OCC2(C)C)c1.Cl. The second-order valence-corrected chi connectivity index (χ2v) is 5.29. The summed E-state index contributed by atoms with van der Waals surface area (Å²) in [5.74, 6) is 1.40. The zero-order valence-corrected chi connectivity index (χ0v) is 12.9. The Hall–Kier alpha value is -1.62. The standard InChI is InChI=1S/C14H19NO4.ClH/c1-14(2)8-19-13(16)15-12(14)9-5-10(17-3)7-11(6-9)18-4;/h5-7,12H,8H2,1-4H3,(H,15,16);1H/t12-;/m1./s1. The predicted molar refractivity (Wildman–Crippen MR) is 77.8 cm³/mol. The molecular formula is C14H20ClNO4. The molecule has 1 aliphatic rings. The molecule has 0 aliphatic carbocycles. The predicted octanol–water partition coefficient (Wildman–Crippen LogP) is 2.93. The van der Waals surface area contributed by atoms with Crippen LogP contribution < -0.4 is 14.8 Å². The minimum absolute atomic E-state index is 0. The summed E-state index contributed by atoms with van der Waals surface area (Å²) in [5.41, 5.74) is 0.739. The summed E-state index contributed by atoms with van der Waals surface area (Å²) in [7, 11) is 3.21. The van der Waals surface area contributed by atoms with Crippen LogP contribution in [0.15, 0.2) is 18.2 Å². The van der Waals surface area contributed by atoms with Crippen LogP contribution in [0.25, 0.3) is 0 Å². The first-order chi connectivity index (χ1) is 8.96. The van der Waals surface area contributed by atoms with Crippen molar-refractivity contribution in [1.29, 1.82) is 0 Å². The summed E-state index contributed by atoms with van der Waals surface area (Å²) in [4.78, 5) is 11.4. The van der Waals surface area contributed by atoms with Gasteiger partial charge in [-0.1, -0.05) is 13.8 Å². The first-order valence-corrected chi connectivity index (χ1v) is 6.12. The molecule has 0 aromatic heterocycles. The summed E-state index contributed by atoms with van der Waals surface area (Å²) >= 11 is 0. The zero-order valence-electron chi connectivity index (χ0n) is 12.1. The van der Waals surface area contributed by atoms with Crippen molar-refractivity contribution >= 4 is 18.5 Å². The highest BCUT2D eigenvalue weighted by atomic mass is 35.5. The molecule has 0 unspecified atom stereocenters. The molecule has 1 aromatic carbocycles. The number of hydrogen-bond acceptors (Lipinski definition) is 4. The Labute approximate surface area is 125 Å². The van der Waals surface area contributed by atoms with Gasteiger partial charge in [-0.3, -0.25) is 0 Å². The number of methoxy groups -OCH3 is 2. The number of ether oxygens (including phenoxy) is 3. The summed E-state index contributed by atoms with van der Waals surface area (Å²) in [6.07, 6.45) is -0.397. The third-order valence-corrected chi connectivity index (χ3v) is 3.33. The lowest BCUT2D eigenvalue weighted by atomic mass is 9.80. The molecule has 5 nitrogen and oxygen atoms in total. The first-order valence-electron chi connectivity index (χ1n) is 6.12. The van der Waals surface area contributed by atoms with Gasteiger partial charge in [0.1, 0.15) is 18.1 Å². The van der Waals surface area contributed by atoms with Crippen LogP contribution in [0.3, 0.4) is 0 Å². The van der Waals surface area contributed by atoms with Gasteiger partial charge in [0.25, 0.3) is 0 Å². The third-order valence-electron chi connectivity index (χ3n) is 3.33. The van der Waals surface area contributed by atoms with Crippen LogP contribution in [0.4, 0.5) is 4.79 Å². The average molecular weight is 302 g/mol. The van der Waals surface area contributed by atoms with Gasteiger partial charge in [0.15, 0.2) is 0 Å². The van der Waals surface area contributed by atoms with Gasteiger partial charge in [0.05, 0.1) is 20.3 Å². The van der Waals surface area contributed by atoms with E-state index in [4.69, 9.17) is 14.2 Å². The van der Waals surface area contributed by atoms with E-state index in [9.17, 15) is 4.79 Å². The lowest BCUT2D eigenvalue weighted by Crippen LogP contribution is -2.46. The molecule has 6 heteroatoms. The number of hydrogen-bond donors (Lipinski definition) is 1. The molecule has 0 radical (unpaired) electrons. The van der Waals surface area contributed by atoms with Gasteiger partial charge in [-0.25, -0.2) is 4.79 Å². The summed E-state index contributed by atoms with van der Waals surface area (Å²) in [6.45, 7) is 4.47. The summed E-state index contributed by atoms with van der Waals surface area (Å²) < 4.78 is 15.6. The number of alkyl carbamates (subject to hydrolysis) is 1. The normalized spacial score (nSPS) is 20.2. The van der Waals surface area contributed by atoms with Crippen LogP contribution in [-0.4, -0.2) is 26.9 Å². The molecular weight excluding hydrogens is 282 g/mol. The Balaban J connectivity index is 0.00000200. The van der Waals surface area contributed by atoms with Crippen molar-refractivity contribution in [3.05, 3.63) is 23.8 Å². The van der Waals surface area contributed by atoms with E-state index in [0.29, 0.717) is 18.1 Å². The minimum atomic E-state index is -0.397. The number of cyclic esters (lactones) is 1. The lowest BCUT2D eigenvalue weighted by molar-refractivity contribution is 0.0386. The van der Waals surface area contributed by atoms with Gasteiger partial charge >= 0.3 is 6.09 Å². The Kier molecular flexibility index (Phi) is 5.11. The molecule has 1 saturated heterocycles. The molecule has 0 bridgehead atoms. The summed E-state index contributed by atoms with van der Waals surface area (Å²) in [6, 6.07) is 5.47. The van der Waals surface area contributed by atoms with Crippen molar-refractivity contribution in [2.75, 3.05) is 20.8 Å². The van der Waals surface area contributed by atoms with E-state index in [-0.39, 0.29) is 23.9 Å². The molecule has 1 heterocycles. The van der Waals surface area contributed by atoms with E-state index in [0.717, 1.165) is 5.56 Å². The molecule has 1 fully saturated rings. The maximum absolute atomic E-state index is 11.4. The van der Waals surface area contributed by atoms with Gasteiger partial charge in [-0.05, 0) is 17.7 Å². The van der Waals surface area contributed by atoms with E-state index in [1.807, 2.05) is 26.0 Å². The molecule has 1 amide bonds. The van der Waals surface area contributed by atoms with Gasteiger partial charge in [0, 0.05) is 11.5 Å². The highest BCUT2D eigenvalue weighted by Crippen LogP contribution is 2.39. The number of nitrogens with one attached hydrogen (secondary N) is 1. The van der Waals surface area contributed by atoms with Crippen molar-refractivity contribution in [1.82, 2.24) is 5.32 Å². The van der Waals surface area contributed by atoms with Crippen molar-refractivity contribution < 1.29 is 19.0 Å². The summed E-state index contributed by atoms with van der Waals surface area (Å²) in [5, 5.41) is 2.85. The number of carbonyl (C=O) groups is 1. The smallest absolute Gasteiger partial charge is 0.407 e. The average Bonchev–Trinajstić information content (AvgIpc) is 2.40. The molecule has 2 rings (SSSR count). The van der Waals surface area contributed by atoms with E-state index in [2.05, 4.69) is 5.32 Å². The fourth-order valence-electron chi connectivity index (χ4n) is 2.22. The van der Waals surface area contributed by atoms with Crippen LogP contribution in [0.5, 0.6) is 11.5 Å². The molecule has 1 aromatic rings. The minimum Gasteiger partial charge on any atom is -0.497 e. The fraction of sp³-hybridized carbons (Fsp3) is 0.500. The molecule has 20 heavy (non-hydrogen) atoms. The number of benzene rings is 1. The van der Waals surface area contributed by atoms with E-state index in [1.165, 1.54) is 0 Å². The molecule has 1 aliphatic heterocycles. The van der Waals surface area contributed by atoms with Gasteiger partial charge in [-0.2, -0.15) is 0 Å². The fourth-order valence-corrected chi connectivity index (χ4v) is 2.22. The van der Waals surface area contributed by atoms with Crippen molar-refractivity contribution in [3.8, 4) is 11.5 Å². The van der Waals surface area contributed by atoms with Crippen LogP contribution in [0.2, 0.25) is 0 Å². The number of carbonyl (C=O) groups excluding carboxylic acids is 1. The Morgan fingerprint density at radius 2 is 1.75 bits per heavy atom. The van der Waals surface area contributed by atoms with Crippen molar-refractivity contribution in [2.45, 2.75) is 19.9 Å². The van der Waals surface area contributed by atoms with E-state index < -0.39 is 6.09 Å². The lowest BCUT2D eigenvalue weighted by Gasteiger charge is -2.38. The Morgan fingerprint density at radius 1 is 1.20 bits per heavy atom.